The molecule has 0 saturated carbocycles. The summed E-state index contributed by atoms with van der Waals surface area (Å²) in [5.41, 5.74) is 6.29. The molecule has 0 spiro atoms. The highest BCUT2D eigenvalue weighted by molar-refractivity contribution is 5.90. The van der Waals surface area contributed by atoms with E-state index in [9.17, 15) is 9.59 Å². The van der Waals surface area contributed by atoms with Gasteiger partial charge in [-0.05, 0) is 78.1 Å². The zero-order valence-electron chi connectivity index (χ0n) is 26.0. The van der Waals surface area contributed by atoms with Crippen molar-refractivity contribution in [2.24, 2.45) is 5.92 Å². The van der Waals surface area contributed by atoms with E-state index < -0.39 is 12.1 Å². The van der Waals surface area contributed by atoms with Crippen LogP contribution in [0, 0.1) is 5.92 Å². The van der Waals surface area contributed by atoms with Gasteiger partial charge in [0.05, 0.1) is 43.3 Å². The maximum atomic E-state index is 14.1. The molecule has 2 amide bonds. The first kappa shape index (κ1) is 29.7. The molecule has 5 aromatic rings. The fourth-order valence-corrected chi connectivity index (χ4v) is 6.90. The van der Waals surface area contributed by atoms with Crippen molar-refractivity contribution in [2.45, 2.75) is 50.7 Å². The Morgan fingerprint density at radius 1 is 0.891 bits per heavy atom. The Hall–Kier alpha value is -4.96. The summed E-state index contributed by atoms with van der Waals surface area (Å²) in [5.74, 6) is 0.647. The van der Waals surface area contributed by atoms with Crippen molar-refractivity contribution in [2.75, 3.05) is 20.3 Å². The fraction of sp³-hybridized carbons (Fsp3) is 0.333. The third kappa shape index (κ3) is 5.88. The molecule has 0 bridgehead atoms. The van der Waals surface area contributed by atoms with Crippen LogP contribution in [0.25, 0.3) is 44.4 Å². The number of carbonyl (C=O) groups is 2. The van der Waals surface area contributed by atoms with Gasteiger partial charge < -0.3 is 29.7 Å². The first-order valence-corrected chi connectivity index (χ1v) is 15.9. The van der Waals surface area contributed by atoms with E-state index in [0.717, 1.165) is 52.3 Å². The highest BCUT2D eigenvalue weighted by atomic mass is 16.5. The number of alkyl carbamates (subject to hydrolysis) is 1. The molecule has 3 N–H and O–H groups in total. The van der Waals surface area contributed by atoms with Crippen molar-refractivity contribution in [3.05, 3.63) is 85.2 Å². The molecule has 3 atom stereocenters. The summed E-state index contributed by atoms with van der Waals surface area (Å²) in [7, 11) is 1.32. The predicted molar refractivity (Wildman–Crippen MR) is 176 cm³/mol. The summed E-state index contributed by atoms with van der Waals surface area (Å²) >= 11 is 0. The molecule has 0 unspecified atom stereocenters. The lowest BCUT2D eigenvalue weighted by Crippen LogP contribution is -2.54. The third-order valence-corrected chi connectivity index (χ3v) is 9.47. The number of nitrogens with zero attached hydrogens (tertiary/aromatic N) is 3. The second-order valence-corrected chi connectivity index (χ2v) is 12.3. The quantitative estimate of drug-likeness (QED) is 0.192. The van der Waals surface area contributed by atoms with E-state index in [2.05, 4.69) is 87.9 Å². The van der Waals surface area contributed by atoms with Crippen LogP contribution in [0.4, 0.5) is 4.79 Å². The lowest BCUT2D eigenvalue weighted by molar-refractivity contribution is -0.138. The predicted octanol–water partition coefficient (Wildman–Crippen LogP) is 6.49. The molecule has 3 aromatic carbocycles. The normalized spacial score (nSPS) is 19.3. The van der Waals surface area contributed by atoms with Gasteiger partial charge in [-0.3, -0.25) is 4.79 Å². The van der Waals surface area contributed by atoms with Gasteiger partial charge in [0.25, 0.3) is 0 Å². The van der Waals surface area contributed by atoms with Gasteiger partial charge in [0.2, 0.25) is 5.91 Å². The van der Waals surface area contributed by atoms with Crippen LogP contribution >= 0.6 is 0 Å². The zero-order valence-corrected chi connectivity index (χ0v) is 26.0. The molecule has 0 aliphatic carbocycles. The molecule has 4 heterocycles. The molecule has 46 heavy (non-hydrogen) atoms. The van der Waals surface area contributed by atoms with Crippen molar-refractivity contribution in [1.29, 1.82) is 0 Å². The van der Waals surface area contributed by atoms with Gasteiger partial charge in [-0.25, -0.2) is 14.8 Å². The van der Waals surface area contributed by atoms with Crippen molar-refractivity contribution in [1.82, 2.24) is 30.2 Å². The van der Waals surface area contributed by atoms with Gasteiger partial charge in [-0.15, -0.1) is 0 Å². The molecule has 2 aromatic heterocycles. The summed E-state index contributed by atoms with van der Waals surface area (Å²) in [6.07, 6.45) is 7.84. The minimum absolute atomic E-state index is 0.0125. The maximum Gasteiger partial charge on any atom is 0.407 e. The van der Waals surface area contributed by atoms with Gasteiger partial charge >= 0.3 is 6.09 Å². The standard InChI is InChI=1S/C36H38N6O4/c1-22-3-12-32(42(22)35(43)33(41-36(44)45-2)25-13-15-46-16-14-25)34-38-20-31(40-34)24-6-4-23(5-7-24)26-8-9-28-18-29(11-10-27(28)17-26)30-19-37-21-39-30/h4-11,17-22,25,32-33H,3,12-16H2,1-2H3,(H,37,39)(H,38,40)(H,41,44)/t22-,32-,33-/m0/s1. The maximum absolute atomic E-state index is 14.1. The topological polar surface area (TPSA) is 125 Å². The van der Waals surface area contributed by atoms with Gasteiger partial charge in [-0.2, -0.15) is 0 Å². The number of likely N-dealkylation sites (tertiary alicyclic amines) is 1. The molecule has 10 heteroatoms. The van der Waals surface area contributed by atoms with Gasteiger partial charge in [0, 0.05) is 24.8 Å². The Bertz CT molecular complexity index is 1830. The number of hydrogen-bond donors (Lipinski definition) is 3. The van der Waals surface area contributed by atoms with Crippen LogP contribution < -0.4 is 5.32 Å². The Kier molecular flexibility index (Phi) is 8.28. The van der Waals surface area contributed by atoms with Crippen LogP contribution in [0.5, 0.6) is 0 Å². The van der Waals surface area contributed by atoms with Crippen molar-refractivity contribution < 1.29 is 19.1 Å². The van der Waals surface area contributed by atoms with E-state index in [0.29, 0.717) is 26.1 Å². The summed E-state index contributed by atoms with van der Waals surface area (Å²) in [6.45, 7) is 3.21. The van der Waals surface area contributed by atoms with Crippen LogP contribution in [0.3, 0.4) is 0 Å². The van der Waals surface area contributed by atoms with Crippen LogP contribution in [-0.4, -0.2) is 69.2 Å². The van der Waals surface area contributed by atoms with E-state index in [4.69, 9.17) is 14.5 Å². The molecule has 0 radical (unpaired) electrons. The third-order valence-electron chi connectivity index (χ3n) is 9.47. The van der Waals surface area contributed by atoms with Crippen molar-refractivity contribution in [3.63, 3.8) is 0 Å². The number of amides is 2. The summed E-state index contributed by atoms with van der Waals surface area (Å²) in [6, 6.07) is 20.5. The first-order valence-electron chi connectivity index (χ1n) is 15.9. The summed E-state index contributed by atoms with van der Waals surface area (Å²) in [5, 5.41) is 5.18. The van der Waals surface area contributed by atoms with Crippen molar-refractivity contribution in [3.8, 4) is 33.6 Å². The number of rotatable bonds is 7. The number of nitrogens with one attached hydrogen (secondary N) is 3. The van der Waals surface area contributed by atoms with Crippen LogP contribution in [0.2, 0.25) is 0 Å². The van der Waals surface area contributed by atoms with Crippen LogP contribution in [0.1, 0.15) is 44.5 Å². The van der Waals surface area contributed by atoms with Crippen molar-refractivity contribution >= 4 is 22.8 Å². The smallest absolute Gasteiger partial charge is 0.407 e. The molecule has 2 aliphatic heterocycles. The minimum Gasteiger partial charge on any atom is -0.453 e. The number of benzene rings is 3. The van der Waals surface area contributed by atoms with E-state index in [1.54, 1.807) is 6.33 Å². The Labute approximate surface area is 267 Å². The highest BCUT2D eigenvalue weighted by Gasteiger charge is 2.43. The zero-order chi connectivity index (χ0) is 31.6. The fourth-order valence-electron chi connectivity index (χ4n) is 6.90. The molecule has 236 valence electrons. The first-order chi connectivity index (χ1) is 22.5. The van der Waals surface area contributed by atoms with Gasteiger partial charge in [0.1, 0.15) is 11.9 Å². The molecule has 2 aliphatic rings. The molecule has 10 nitrogen and oxygen atoms in total. The lowest BCUT2D eigenvalue weighted by atomic mass is 9.90. The Morgan fingerprint density at radius 2 is 1.59 bits per heavy atom. The summed E-state index contributed by atoms with van der Waals surface area (Å²) in [4.78, 5) is 43.8. The number of carbonyl (C=O) groups excluding carboxylic acids is 2. The molecule has 7 rings (SSSR count). The Morgan fingerprint density at radius 3 is 2.30 bits per heavy atom. The number of fused-ring (bicyclic) bond motifs is 1. The number of imidazole rings is 2. The van der Waals surface area contributed by atoms with E-state index in [1.807, 2.05) is 17.3 Å². The van der Waals surface area contributed by atoms with E-state index in [1.165, 1.54) is 17.9 Å². The van der Waals surface area contributed by atoms with E-state index >= 15 is 0 Å². The second kappa shape index (κ2) is 12.8. The lowest BCUT2D eigenvalue weighted by Gasteiger charge is -2.36. The van der Waals surface area contributed by atoms with Gasteiger partial charge in [0.15, 0.2) is 0 Å². The number of ether oxygens (including phenoxy) is 2. The Balaban J connectivity index is 1.09. The monoisotopic (exact) mass is 618 g/mol. The van der Waals surface area contributed by atoms with Crippen LogP contribution in [0.15, 0.2) is 79.4 Å². The molecular formula is C36H38N6O4. The summed E-state index contributed by atoms with van der Waals surface area (Å²) < 4.78 is 10.4. The second-order valence-electron chi connectivity index (χ2n) is 12.3. The highest BCUT2D eigenvalue weighted by Crippen LogP contribution is 2.37. The number of H-pyrrole nitrogens is 2. The average molecular weight is 619 g/mol. The van der Waals surface area contributed by atoms with E-state index in [-0.39, 0.29) is 23.9 Å². The number of aromatic nitrogens is 4. The van der Waals surface area contributed by atoms with Gasteiger partial charge in [-0.1, -0.05) is 48.5 Å². The average Bonchev–Trinajstić information content (AvgIpc) is 3.89. The molecule has 2 fully saturated rings. The SMILES string of the molecule is COC(=O)N[C@H](C(=O)N1[C@@H](C)CC[C@H]1c1ncc(-c2ccc(-c3ccc4cc(-c5cnc[nH]5)ccc4c3)cc2)[nH]1)C1CCOCC1. The van der Waals surface area contributed by atoms with Crippen LogP contribution in [-0.2, 0) is 14.3 Å². The largest absolute Gasteiger partial charge is 0.453 e. The molecule has 2 saturated heterocycles. The molecular weight excluding hydrogens is 580 g/mol. The number of methoxy groups -OCH3 is 1. The minimum atomic E-state index is -0.671. The number of aromatic amines is 2. The number of hydrogen-bond acceptors (Lipinski definition) is 6.